The monoisotopic (exact) mass is 571 g/mol. The van der Waals surface area contributed by atoms with Crippen molar-refractivity contribution in [3.8, 4) is 0 Å². The lowest BCUT2D eigenvalue weighted by atomic mass is 10.2. The standard InChI is InChI=1S/C22H17Cl4N5O5/c23-15-4-1-12(9-17(15)25)27-21(33)29-19-11-14(31(35)36)3-6-20(19)30(7-8-32)22(34)28-13-2-5-16(24)18(26)10-13/h1-6,9-11,32H,7-8H2,(H,28,34)(H2,27,29,33). The summed E-state index contributed by atoms with van der Waals surface area (Å²) in [5.41, 5.74) is 0.290. The highest BCUT2D eigenvalue weighted by molar-refractivity contribution is 6.42. The maximum atomic E-state index is 13.1. The van der Waals surface area contributed by atoms with Crippen molar-refractivity contribution in [1.29, 1.82) is 0 Å². The Morgan fingerprint density at radius 1 is 0.833 bits per heavy atom. The van der Waals surface area contributed by atoms with Crippen LogP contribution in [0.4, 0.5) is 38.0 Å². The number of nitrogens with zero attached hydrogens (tertiary/aromatic N) is 2. The number of nitrogens with one attached hydrogen (secondary N) is 3. The first-order valence-electron chi connectivity index (χ1n) is 10.0. The molecule has 0 fully saturated rings. The van der Waals surface area contributed by atoms with E-state index in [1.807, 2.05) is 0 Å². The van der Waals surface area contributed by atoms with Crippen LogP contribution in [0.15, 0.2) is 54.6 Å². The number of halogens is 4. The lowest BCUT2D eigenvalue weighted by molar-refractivity contribution is -0.384. The summed E-state index contributed by atoms with van der Waals surface area (Å²) in [7, 11) is 0. The molecule has 0 bridgehead atoms. The molecular formula is C22H17Cl4N5O5. The van der Waals surface area contributed by atoms with E-state index in [1.54, 1.807) is 0 Å². The van der Waals surface area contributed by atoms with E-state index < -0.39 is 23.6 Å². The predicted octanol–water partition coefficient (Wildman–Crippen LogP) is 6.88. The SMILES string of the molecule is O=C(Nc1ccc(Cl)c(Cl)c1)Nc1cc([N+](=O)[O-])ccc1N(CCO)C(=O)Nc1ccc(Cl)c(Cl)c1. The molecule has 0 heterocycles. The molecule has 0 saturated carbocycles. The number of amides is 4. The van der Waals surface area contributed by atoms with Crippen LogP contribution in [-0.4, -0.2) is 35.2 Å². The minimum Gasteiger partial charge on any atom is -0.395 e. The van der Waals surface area contributed by atoms with Crippen LogP contribution in [0, 0.1) is 10.1 Å². The van der Waals surface area contributed by atoms with Crippen molar-refractivity contribution < 1.29 is 19.6 Å². The molecule has 0 aromatic heterocycles. The summed E-state index contributed by atoms with van der Waals surface area (Å²) in [6.07, 6.45) is 0. The van der Waals surface area contributed by atoms with Gasteiger partial charge in [-0.25, -0.2) is 9.59 Å². The first kappa shape index (κ1) is 27.3. The first-order chi connectivity index (χ1) is 17.1. The van der Waals surface area contributed by atoms with Crippen LogP contribution in [-0.2, 0) is 0 Å². The number of carbonyl (C=O) groups excluding carboxylic acids is 2. The Morgan fingerprint density at radius 3 is 1.94 bits per heavy atom. The Balaban J connectivity index is 1.91. The van der Waals surface area contributed by atoms with E-state index in [4.69, 9.17) is 46.4 Å². The van der Waals surface area contributed by atoms with Crippen molar-refractivity contribution in [2.24, 2.45) is 0 Å². The third-order valence-corrected chi connectivity index (χ3v) is 6.13. The molecule has 14 heteroatoms. The molecule has 188 valence electrons. The largest absolute Gasteiger partial charge is 0.395 e. The molecule has 0 aliphatic heterocycles. The molecule has 0 unspecified atom stereocenters. The second-order valence-corrected chi connectivity index (χ2v) is 8.73. The van der Waals surface area contributed by atoms with Crippen molar-refractivity contribution in [3.63, 3.8) is 0 Å². The van der Waals surface area contributed by atoms with Crippen molar-refractivity contribution in [3.05, 3.63) is 84.8 Å². The van der Waals surface area contributed by atoms with Crippen LogP contribution in [0.25, 0.3) is 0 Å². The van der Waals surface area contributed by atoms with Crippen molar-refractivity contribution in [2.75, 3.05) is 34.0 Å². The lowest BCUT2D eigenvalue weighted by Crippen LogP contribution is -2.38. The lowest BCUT2D eigenvalue weighted by Gasteiger charge is -2.25. The van der Waals surface area contributed by atoms with Gasteiger partial charge in [0, 0.05) is 23.5 Å². The molecule has 0 aliphatic rings. The van der Waals surface area contributed by atoms with Gasteiger partial charge in [0.25, 0.3) is 5.69 Å². The summed E-state index contributed by atoms with van der Waals surface area (Å²) < 4.78 is 0. The summed E-state index contributed by atoms with van der Waals surface area (Å²) in [5, 5.41) is 29.5. The molecule has 0 atom stereocenters. The zero-order chi connectivity index (χ0) is 26.4. The average Bonchev–Trinajstić information content (AvgIpc) is 2.82. The van der Waals surface area contributed by atoms with Gasteiger partial charge in [0.2, 0.25) is 0 Å². The van der Waals surface area contributed by atoms with Crippen LogP contribution in [0.5, 0.6) is 0 Å². The number of aliphatic hydroxyl groups excluding tert-OH is 1. The van der Waals surface area contributed by atoms with Crippen LogP contribution in [0.2, 0.25) is 20.1 Å². The zero-order valence-corrected chi connectivity index (χ0v) is 21.1. The maximum absolute atomic E-state index is 13.1. The number of aliphatic hydroxyl groups is 1. The minimum atomic E-state index is -0.774. The van der Waals surface area contributed by atoms with Gasteiger partial charge in [-0.1, -0.05) is 46.4 Å². The summed E-state index contributed by atoms with van der Waals surface area (Å²) in [6.45, 7) is -0.644. The van der Waals surface area contributed by atoms with Gasteiger partial charge in [0.15, 0.2) is 0 Å². The molecule has 3 rings (SSSR count). The Bertz CT molecular complexity index is 1320. The molecule has 3 aromatic rings. The zero-order valence-electron chi connectivity index (χ0n) is 18.1. The molecule has 4 N–H and O–H groups in total. The van der Waals surface area contributed by atoms with Crippen molar-refractivity contribution in [2.45, 2.75) is 0 Å². The quantitative estimate of drug-likeness (QED) is 0.180. The normalized spacial score (nSPS) is 10.5. The van der Waals surface area contributed by atoms with E-state index in [9.17, 15) is 24.8 Å². The van der Waals surface area contributed by atoms with Crippen molar-refractivity contribution in [1.82, 2.24) is 0 Å². The smallest absolute Gasteiger partial charge is 0.326 e. The van der Waals surface area contributed by atoms with E-state index >= 15 is 0 Å². The fraction of sp³-hybridized carbons (Fsp3) is 0.0909. The van der Waals surface area contributed by atoms with Gasteiger partial charge in [0.1, 0.15) is 0 Å². The second-order valence-electron chi connectivity index (χ2n) is 7.10. The van der Waals surface area contributed by atoms with Crippen LogP contribution in [0.1, 0.15) is 0 Å². The minimum absolute atomic E-state index is 0.0699. The average molecular weight is 573 g/mol. The Hall–Kier alpha value is -3.28. The van der Waals surface area contributed by atoms with Crippen LogP contribution in [0.3, 0.4) is 0 Å². The van der Waals surface area contributed by atoms with E-state index in [0.29, 0.717) is 11.4 Å². The number of anilines is 4. The fourth-order valence-corrected chi connectivity index (χ4v) is 3.62. The molecule has 0 aliphatic carbocycles. The van der Waals surface area contributed by atoms with E-state index in [-0.39, 0.29) is 43.7 Å². The van der Waals surface area contributed by atoms with Gasteiger partial charge in [-0.3, -0.25) is 15.0 Å². The summed E-state index contributed by atoms with van der Waals surface area (Å²) in [5.74, 6) is 0. The van der Waals surface area contributed by atoms with Crippen molar-refractivity contribution >= 4 is 86.9 Å². The molecule has 0 radical (unpaired) electrons. The van der Waals surface area contributed by atoms with Gasteiger partial charge in [-0.15, -0.1) is 0 Å². The van der Waals surface area contributed by atoms with E-state index in [0.717, 1.165) is 17.0 Å². The number of hydrogen-bond acceptors (Lipinski definition) is 5. The number of hydrogen-bond donors (Lipinski definition) is 4. The molecule has 0 spiro atoms. The number of rotatable bonds is 7. The third-order valence-electron chi connectivity index (χ3n) is 4.65. The number of benzene rings is 3. The summed E-state index contributed by atoms with van der Waals surface area (Å²) in [4.78, 5) is 37.5. The Morgan fingerprint density at radius 2 is 1.42 bits per heavy atom. The molecule has 4 amide bonds. The number of nitro groups is 1. The molecule has 3 aromatic carbocycles. The van der Waals surface area contributed by atoms with E-state index in [1.165, 1.54) is 42.5 Å². The number of urea groups is 2. The van der Waals surface area contributed by atoms with E-state index in [2.05, 4.69) is 16.0 Å². The molecule has 10 nitrogen and oxygen atoms in total. The van der Waals surface area contributed by atoms with Gasteiger partial charge in [-0.2, -0.15) is 0 Å². The fourth-order valence-electron chi connectivity index (χ4n) is 3.03. The maximum Gasteiger partial charge on any atom is 0.326 e. The second kappa shape index (κ2) is 12.1. The van der Waals surface area contributed by atoms with Gasteiger partial charge in [0.05, 0.1) is 49.5 Å². The van der Waals surface area contributed by atoms with Gasteiger partial charge < -0.3 is 21.1 Å². The highest BCUT2D eigenvalue weighted by Gasteiger charge is 2.22. The summed E-state index contributed by atoms with van der Waals surface area (Å²) >= 11 is 23.8. The topological polar surface area (TPSA) is 137 Å². The molecule has 36 heavy (non-hydrogen) atoms. The number of nitro benzene ring substituents is 1. The van der Waals surface area contributed by atoms with Crippen LogP contribution < -0.4 is 20.9 Å². The third kappa shape index (κ3) is 6.90. The van der Waals surface area contributed by atoms with Crippen LogP contribution >= 0.6 is 46.4 Å². The highest BCUT2D eigenvalue weighted by atomic mass is 35.5. The molecular weight excluding hydrogens is 556 g/mol. The predicted molar refractivity (Wildman–Crippen MR) is 142 cm³/mol. The first-order valence-corrected chi connectivity index (χ1v) is 11.6. The molecule has 0 saturated heterocycles. The Kier molecular flexibility index (Phi) is 9.19. The van der Waals surface area contributed by atoms with Gasteiger partial charge in [-0.05, 0) is 42.5 Å². The number of non-ortho nitro benzene ring substituents is 1. The Labute approximate surface area is 224 Å². The van der Waals surface area contributed by atoms with Gasteiger partial charge >= 0.3 is 12.1 Å². The summed E-state index contributed by atoms with van der Waals surface area (Å²) in [6, 6.07) is 10.9. The highest BCUT2D eigenvalue weighted by Crippen LogP contribution is 2.32. The number of carbonyl (C=O) groups is 2.